The van der Waals surface area contributed by atoms with Gasteiger partial charge in [-0.2, -0.15) is 0 Å². The number of carbonyl (C=O) groups excluding carboxylic acids is 2. The van der Waals surface area contributed by atoms with E-state index < -0.39 is 17.4 Å². The quantitative estimate of drug-likeness (QED) is 0.753. The minimum absolute atomic E-state index is 0.171. The summed E-state index contributed by atoms with van der Waals surface area (Å²) in [5, 5.41) is 2.66. The molecule has 126 valence electrons. The number of rotatable bonds is 5. The third kappa shape index (κ3) is 4.56. The topological polar surface area (TPSA) is 97.5 Å². The molecular formula is C16H16N2O5S. The summed E-state index contributed by atoms with van der Waals surface area (Å²) in [5.41, 5.74) is 0.0582. The number of carbonyl (C=O) groups is 2. The molecule has 8 heteroatoms. The van der Waals surface area contributed by atoms with Crippen LogP contribution in [-0.4, -0.2) is 30.6 Å². The molecule has 0 bridgehead atoms. The average Bonchev–Trinajstić information content (AvgIpc) is 2.87. The summed E-state index contributed by atoms with van der Waals surface area (Å²) in [4.78, 5) is 37.7. The number of benzene rings is 1. The van der Waals surface area contributed by atoms with Crippen molar-refractivity contribution in [2.45, 2.75) is 6.92 Å². The maximum absolute atomic E-state index is 12.1. The normalized spacial score (nSPS) is 12.1. The number of esters is 1. The van der Waals surface area contributed by atoms with Gasteiger partial charge in [0.2, 0.25) is 0 Å². The number of hydrogen-bond donors (Lipinski definition) is 2. The van der Waals surface area contributed by atoms with Gasteiger partial charge in [-0.25, -0.2) is 4.79 Å². The lowest BCUT2D eigenvalue weighted by Crippen LogP contribution is -2.22. The first-order valence-corrected chi connectivity index (χ1v) is 7.88. The van der Waals surface area contributed by atoms with Crippen molar-refractivity contribution < 1.29 is 19.1 Å². The molecule has 2 aromatic rings. The van der Waals surface area contributed by atoms with Gasteiger partial charge in [0.05, 0.1) is 19.4 Å². The third-order valence-electron chi connectivity index (χ3n) is 2.84. The zero-order chi connectivity index (χ0) is 17.5. The number of para-hydroxylation sites is 2. The molecule has 1 aromatic heterocycles. The van der Waals surface area contributed by atoms with E-state index in [0.29, 0.717) is 16.1 Å². The number of aromatic nitrogens is 1. The van der Waals surface area contributed by atoms with E-state index in [1.807, 2.05) is 0 Å². The first kappa shape index (κ1) is 17.5. The molecule has 2 rings (SSSR count). The summed E-state index contributed by atoms with van der Waals surface area (Å²) in [6.07, 6.45) is 2.34. The molecule has 24 heavy (non-hydrogen) atoms. The van der Waals surface area contributed by atoms with E-state index in [-0.39, 0.29) is 11.1 Å². The van der Waals surface area contributed by atoms with Gasteiger partial charge in [0, 0.05) is 12.2 Å². The molecule has 0 fully saturated rings. The van der Waals surface area contributed by atoms with Gasteiger partial charge in [-0.1, -0.05) is 12.1 Å². The van der Waals surface area contributed by atoms with Gasteiger partial charge < -0.3 is 19.8 Å². The summed E-state index contributed by atoms with van der Waals surface area (Å²) < 4.78 is 10.4. The molecule has 0 unspecified atom stereocenters. The van der Waals surface area contributed by atoms with Crippen LogP contribution in [0, 0.1) is 0 Å². The standard InChI is InChI=1S/C16H16N2O5S/c1-3-23-15(20)8-12-16(21)18-14(24-12)9-13(19)17-10-6-4-5-7-11(10)22-2/h4-9H,3H2,1-2H3,(H,17,19)(H,18,21)/b12-8-,14-9+. The van der Waals surface area contributed by atoms with Crippen LogP contribution in [0.1, 0.15) is 6.92 Å². The zero-order valence-electron chi connectivity index (χ0n) is 13.1. The van der Waals surface area contributed by atoms with Gasteiger partial charge in [-0.3, -0.25) is 9.59 Å². The number of nitrogens with one attached hydrogen (secondary N) is 2. The van der Waals surface area contributed by atoms with E-state index >= 15 is 0 Å². The second-order valence-corrected chi connectivity index (χ2v) is 5.60. The molecule has 0 radical (unpaired) electrons. The Bertz CT molecular complexity index is 913. The van der Waals surface area contributed by atoms with Crippen LogP contribution in [0.15, 0.2) is 29.1 Å². The predicted molar refractivity (Wildman–Crippen MR) is 91.4 cm³/mol. The second kappa shape index (κ2) is 8.11. The molecule has 1 amide bonds. The molecule has 1 aromatic carbocycles. The van der Waals surface area contributed by atoms with E-state index in [1.54, 1.807) is 31.2 Å². The molecule has 0 saturated carbocycles. The summed E-state index contributed by atoms with van der Waals surface area (Å²) in [7, 11) is 1.50. The first-order chi connectivity index (χ1) is 11.5. The SMILES string of the molecule is CCOC(=O)/C=c1\s/c(=C/C(=O)Nc2ccccc2OC)[nH]c1=O. The number of methoxy groups -OCH3 is 1. The Morgan fingerprint density at radius 3 is 2.75 bits per heavy atom. The van der Waals surface area contributed by atoms with Crippen LogP contribution in [0.3, 0.4) is 0 Å². The number of ether oxygens (including phenoxy) is 2. The molecule has 0 aliphatic carbocycles. The minimum Gasteiger partial charge on any atom is -0.495 e. The van der Waals surface area contributed by atoms with E-state index in [9.17, 15) is 14.4 Å². The number of H-pyrrole nitrogens is 1. The van der Waals surface area contributed by atoms with Crippen LogP contribution in [0.2, 0.25) is 0 Å². The van der Waals surface area contributed by atoms with E-state index in [2.05, 4.69) is 10.3 Å². The molecule has 0 aliphatic rings. The summed E-state index contributed by atoms with van der Waals surface area (Å²) >= 11 is 0.990. The van der Waals surface area contributed by atoms with E-state index in [0.717, 1.165) is 17.4 Å². The van der Waals surface area contributed by atoms with Crippen molar-refractivity contribution >= 4 is 41.1 Å². The highest BCUT2D eigenvalue weighted by molar-refractivity contribution is 7.07. The smallest absolute Gasteiger partial charge is 0.332 e. The lowest BCUT2D eigenvalue weighted by atomic mass is 10.3. The van der Waals surface area contributed by atoms with Gasteiger partial charge >= 0.3 is 5.97 Å². The molecule has 7 nitrogen and oxygen atoms in total. The van der Waals surface area contributed by atoms with Crippen molar-refractivity contribution in [3.05, 3.63) is 43.8 Å². The number of hydrogen-bond acceptors (Lipinski definition) is 6. The van der Waals surface area contributed by atoms with Crippen molar-refractivity contribution in [3.8, 4) is 5.75 Å². The average molecular weight is 348 g/mol. The Morgan fingerprint density at radius 2 is 2.04 bits per heavy atom. The maximum atomic E-state index is 12.1. The zero-order valence-corrected chi connectivity index (χ0v) is 13.9. The Morgan fingerprint density at radius 1 is 1.29 bits per heavy atom. The molecule has 1 heterocycles. The van der Waals surface area contributed by atoms with Crippen LogP contribution in [-0.2, 0) is 14.3 Å². The highest BCUT2D eigenvalue weighted by Gasteiger charge is 2.05. The Hall–Kier alpha value is -2.87. The molecule has 0 saturated heterocycles. The fourth-order valence-corrected chi connectivity index (χ4v) is 2.70. The van der Waals surface area contributed by atoms with Gasteiger partial charge in [-0.05, 0) is 19.1 Å². The van der Waals surface area contributed by atoms with Gasteiger partial charge in [0.15, 0.2) is 0 Å². The predicted octanol–water partition coefficient (Wildman–Crippen LogP) is 0.208. The van der Waals surface area contributed by atoms with Crippen LogP contribution < -0.4 is 24.8 Å². The molecule has 0 spiro atoms. The maximum Gasteiger partial charge on any atom is 0.332 e. The fraction of sp³-hybridized carbons (Fsp3) is 0.188. The first-order valence-electron chi connectivity index (χ1n) is 7.06. The minimum atomic E-state index is -0.602. The third-order valence-corrected chi connectivity index (χ3v) is 3.81. The van der Waals surface area contributed by atoms with Crippen molar-refractivity contribution in [1.82, 2.24) is 4.98 Å². The Balaban J connectivity index is 2.24. The van der Waals surface area contributed by atoms with Crippen molar-refractivity contribution in [2.75, 3.05) is 19.0 Å². The monoisotopic (exact) mass is 348 g/mol. The highest BCUT2D eigenvalue weighted by atomic mass is 32.1. The van der Waals surface area contributed by atoms with E-state index in [4.69, 9.17) is 9.47 Å². The lowest BCUT2D eigenvalue weighted by Gasteiger charge is -2.07. The van der Waals surface area contributed by atoms with Crippen LogP contribution in [0.25, 0.3) is 12.2 Å². The second-order valence-electron chi connectivity index (χ2n) is 4.51. The van der Waals surface area contributed by atoms with Crippen LogP contribution in [0.4, 0.5) is 5.69 Å². The summed E-state index contributed by atoms with van der Waals surface area (Å²) in [5.74, 6) is -0.509. The largest absolute Gasteiger partial charge is 0.495 e. The Kier molecular flexibility index (Phi) is 5.91. The fourth-order valence-electron chi connectivity index (χ4n) is 1.85. The van der Waals surface area contributed by atoms with Crippen LogP contribution >= 0.6 is 11.3 Å². The summed E-state index contributed by atoms with van der Waals surface area (Å²) in [6.45, 7) is 1.89. The van der Waals surface area contributed by atoms with Crippen molar-refractivity contribution in [1.29, 1.82) is 0 Å². The van der Waals surface area contributed by atoms with Crippen molar-refractivity contribution in [2.24, 2.45) is 0 Å². The molecule has 2 N–H and O–H groups in total. The lowest BCUT2D eigenvalue weighted by molar-refractivity contribution is -0.135. The number of amides is 1. The van der Waals surface area contributed by atoms with Gasteiger partial charge in [0.1, 0.15) is 14.9 Å². The molecular weight excluding hydrogens is 332 g/mol. The molecule has 0 aliphatic heterocycles. The number of aromatic amines is 1. The summed E-state index contributed by atoms with van der Waals surface area (Å²) in [6, 6.07) is 6.96. The Labute approximate surface area is 141 Å². The van der Waals surface area contributed by atoms with Crippen LogP contribution in [0.5, 0.6) is 5.75 Å². The number of thiazole rings is 1. The van der Waals surface area contributed by atoms with E-state index in [1.165, 1.54) is 13.2 Å². The van der Waals surface area contributed by atoms with Gasteiger partial charge in [0.25, 0.3) is 11.5 Å². The number of anilines is 1. The molecule has 0 atom stereocenters. The van der Waals surface area contributed by atoms with Crippen molar-refractivity contribution in [3.63, 3.8) is 0 Å². The highest BCUT2D eigenvalue weighted by Crippen LogP contribution is 2.22. The van der Waals surface area contributed by atoms with Gasteiger partial charge in [-0.15, -0.1) is 11.3 Å².